The van der Waals surface area contributed by atoms with Crippen molar-refractivity contribution in [2.24, 2.45) is 0 Å². The van der Waals surface area contributed by atoms with Gasteiger partial charge < -0.3 is 25.6 Å². The summed E-state index contributed by atoms with van der Waals surface area (Å²) in [4.78, 5) is 80.5. The van der Waals surface area contributed by atoms with Gasteiger partial charge in [-0.2, -0.15) is 10.2 Å². The number of carbonyl (C=O) groups is 5. The summed E-state index contributed by atoms with van der Waals surface area (Å²) in [6, 6.07) is 18.8. The molecule has 4 N–H and O–H groups in total. The van der Waals surface area contributed by atoms with Crippen LogP contribution in [-0.4, -0.2) is 80.7 Å². The molecule has 0 bridgehead atoms. The lowest BCUT2D eigenvalue weighted by Gasteiger charge is -2.38. The lowest BCUT2D eigenvalue weighted by Crippen LogP contribution is -2.49. The van der Waals surface area contributed by atoms with Crippen LogP contribution in [0.4, 0.5) is 23.1 Å². The Kier molecular flexibility index (Phi) is 12.7. The Balaban J connectivity index is 1.01. The first-order chi connectivity index (χ1) is 29.6. The first-order valence-electron chi connectivity index (χ1n) is 19.7. The van der Waals surface area contributed by atoms with Crippen LogP contribution in [-0.2, 0) is 16.1 Å². The minimum Gasteiger partial charge on any atom is -0.495 e. The maximum Gasteiger partial charge on any atom is 0.264 e. The highest BCUT2D eigenvalue weighted by molar-refractivity contribution is 9.10. The maximum absolute atomic E-state index is 13.5. The van der Waals surface area contributed by atoms with Crippen molar-refractivity contribution < 1.29 is 28.7 Å². The fraction of sp³-hybridized carbons (Fsp3) is 0.279. The van der Waals surface area contributed by atoms with Gasteiger partial charge in [0.05, 0.1) is 41.9 Å². The Morgan fingerprint density at radius 2 is 1.84 bits per heavy atom. The molecule has 61 heavy (non-hydrogen) atoms. The number of fused-ring (bicyclic) bond motifs is 4. The number of anilines is 4. The van der Waals surface area contributed by atoms with Crippen molar-refractivity contribution in [2.75, 3.05) is 35.7 Å². The second-order valence-electron chi connectivity index (χ2n) is 14.3. The molecule has 2 aromatic heterocycles. The van der Waals surface area contributed by atoms with Crippen molar-refractivity contribution in [2.45, 2.75) is 58.2 Å². The highest BCUT2D eigenvalue weighted by Crippen LogP contribution is 2.42. The number of carbonyl (C=O) groups excluding carboxylic acids is 5. The normalized spacial score (nSPS) is 14.3. The second kappa shape index (κ2) is 18.4. The van der Waals surface area contributed by atoms with Crippen molar-refractivity contribution in [1.29, 1.82) is 5.26 Å². The smallest absolute Gasteiger partial charge is 0.264 e. The molecular formula is C43H42BrN11O6. The van der Waals surface area contributed by atoms with Crippen LogP contribution in [0, 0.1) is 11.3 Å². The monoisotopic (exact) mass is 887 g/mol. The molecule has 312 valence electrons. The van der Waals surface area contributed by atoms with Gasteiger partial charge in [-0.25, -0.2) is 9.97 Å². The van der Waals surface area contributed by atoms with E-state index in [4.69, 9.17) is 9.72 Å². The van der Waals surface area contributed by atoms with Crippen LogP contribution >= 0.6 is 15.9 Å². The van der Waals surface area contributed by atoms with E-state index < -0.39 is 23.8 Å². The lowest BCUT2D eigenvalue weighted by atomic mass is 10.0. The Morgan fingerprint density at radius 3 is 2.56 bits per heavy atom. The summed E-state index contributed by atoms with van der Waals surface area (Å²) in [5.41, 5.74) is 4.53. The molecule has 17 nitrogen and oxygen atoms in total. The average Bonchev–Trinajstić information content (AvgIpc) is 3.81. The first-order valence-corrected chi connectivity index (χ1v) is 20.5. The van der Waals surface area contributed by atoms with Gasteiger partial charge >= 0.3 is 0 Å². The van der Waals surface area contributed by atoms with Gasteiger partial charge in [0.15, 0.2) is 11.5 Å². The quantitative estimate of drug-likeness (QED) is 0.0495. The minimum atomic E-state index is -1.12. The molecular weight excluding hydrogens is 846 g/mol. The van der Waals surface area contributed by atoms with E-state index in [1.165, 1.54) is 13.2 Å². The van der Waals surface area contributed by atoms with Gasteiger partial charge in [-0.3, -0.25) is 38.8 Å². The van der Waals surface area contributed by atoms with Crippen molar-refractivity contribution >= 4 is 69.1 Å². The van der Waals surface area contributed by atoms with E-state index in [0.717, 1.165) is 20.6 Å². The molecule has 18 heteroatoms. The number of ether oxygens (including phenoxy) is 1. The van der Waals surface area contributed by atoms with E-state index in [1.54, 1.807) is 42.9 Å². The average molecular weight is 889 g/mol. The maximum atomic E-state index is 13.5. The van der Waals surface area contributed by atoms with Crippen LogP contribution in [0.2, 0.25) is 0 Å². The van der Waals surface area contributed by atoms with E-state index in [9.17, 15) is 29.2 Å². The zero-order chi connectivity index (χ0) is 43.2. The van der Waals surface area contributed by atoms with Crippen molar-refractivity contribution in [1.82, 2.24) is 35.1 Å². The number of amides is 5. The predicted molar refractivity (Wildman–Crippen MR) is 229 cm³/mol. The number of nitrogens with one attached hydrogen (secondary N) is 4. The van der Waals surface area contributed by atoms with E-state index in [-0.39, 0.29) is 35.9 Å². The van der Waals surface area contributed by atoms with Crippen LogP contribution in [0.25, 0.3) is 5.69 Å². The molecule has 3 aromatic carbocycles. The summed E-state index contributed by atoms with van der Waals surface area (Å²) in [6.07, 6.45) is 5.44. The third-order valence-electron chi connectivity index (χ3n) is 10.5. The molecule has 2 aliphatic heterocycles. The zero-order valence-electron chi connectivity index (χ0n) is 33.6. The van der Waals surface area contributed by atoms with Gasteiger partial charge in [-0.1, -0.05) is 54.4 Å². The molecule has 2 unspecified atom stereocenters. The molecule has 4 heterocycles. The Morgan fingerprint density at radius 1 is 1.03 bits per heavy atom. The summed E-state index contributed by atoms with van der Waals surface area (Å²) >= 11 is 3.51. The molecule has 2 aliphatic rings. The summed E-state index contributed by atoms with van der Waals surface area (Å²) in [5, 5.41) is 21.3. The van der Waals surface area contributed by atoms with Gasteiger partial charge in [-0.15, -0.1) is 0 Å². The van der Waals surface area contributed by atoms with Crippen molar-refractivity contribution in [3.8, 4) is 17.5 Å². The molecule has 5 amide bonds. The highest BCUT2D eigenvalue weighted by Gasteiger charge is 2.44. The largest absolute Gasteiger partial charge is 0.495 e. The number of hydrogen-bond donors (Lipinski definition) is 4. The third-order valence-corrected chi connectivity index (χ3v) is 11.1. The van der Waals surface area contributed by atoms with Gasteiger partial charge in [0.2, 0.25) is 18.3 Å². The Hall–Kier alpha value is -7.13. The van der Waals surface area contributed by atoms with E-state index in [0.29, 0.717) is 84.7 Å². The molecule has 2 atom stereocenters. The zero-order valence-corrected chi connectivity index (χ0v) is 35.2. The number of nitriles is 1. The van der Waals surface area contributed by atoms with Gasteiger partial charge in [0, 0.05) is 35.4 Å². The fourth-order valence-corrected chi connectivity index (χ4v) is 7.92. The van der Waals surface area contributed by atoms with Crippen LogP contribution in [0.3, 0.4) is 0 Å². The third kappa shape index (κ3) is 8.37. The lowest BCUT2D eigenvalue weighted by molar-refractivity contribution is -0.128. The summed E-state index contributed by atoms with van der Waals surface area (Å²) in [7, 11) is 1.50. The van der Waals surface area contributed by atoms with Crippen LogP contribution in [0.5, 0.6) is 5.75 Å². The number of rotatable bonds is 17. The topological polar surface area (TPSA) is 217 Å². The van der Waals surface area contributed by atoms with E-state index >= 15 is 0 Å². The van der Waals surface area contributed by atoms with Crippen molar-refractivity contribution in [3.63, 3.8) is 0 Å². The molecule has 7 rings (SSSR count). The minimum absolute atomic E-state index is 0.155. The second-order valence-corrected chi connectivity index (χ2v) is 15.2. The van der Waals surface area contributed by atoms with Gasteiger partial charge in [-0.05, 0) is 67.3 Å². The Labute approximate surface area is 359 Å². The number of methoxy groups -OCH3 is 1. The number of aromatic nitrogens is 4. The number of hydrogen-bond acceptors (Lipinski definition) is 13. The molecule has 0 fully saturated rings. The Bertz CT molecular complexity index is 2550. The van der Waals surface area contributed by atoms with Crippen LogP contribution < -0.4 is 30.9 Å². The molecule has 0 saturated carbocycles. The SMILES string of the molecule is CCCC(C(=O)NC=O)N1C(=O)c2cccc(NCCCNC(=O)c3ccc(Nc4ncc5c(n4)N(Cc4ccc(Br)cc4)C(CC)c4c(C#N)ncn4-5)c(OC)c3)c2C1=O. The van der Waals surface area contributed by atoms with Gasteiger partial charge in [0.1, 0.15) is 29.9 Å². The number of halogens is 1. The molecule has 0 spiro atoms. The van der Waals surface area contributed by atoms with E-state index in [2.05, 4.69) is 65.1 Å². The number of imide groups is 2. The molecule has 0 aliphatic carbocycles. The van der Waals surface area contributed by atoms with Crippen LogP contribution in [0.15, 0.2) is 77.7 Å². The summed E-state index contributed by atoms with van der Waals surface area (Å²) in [6.45, 7) is 5.04. The fourth-order valence-electron chi connectivity index (χ4n) is 7.65. The highest BCUT2D eigenvalue weighted by atomic mass is 79.9. The summed E-state index contributed by atoms with van der Waals surface area (Å²) < 4.78 is 8.52. The molecule has 5 aromatic rings. The van der Waals surface area contributed by atoms with Gasteiger partial charge in [0.25, 0.3) is 17.7 Å². The predicted octanol–water partition coefficient (Wildman–Crippen LogP) is 5.79. The van der Waals surface area contributed by atoms with Crippen LogP contribution in [0.1, 0.15) is 93.6 Å². The number of imidazole rings is 1. The van der Waals surface area contributed by atoms with Crippen molar-refractivity contribution in [3.05, 3.63) is 111 Å². The number of benzene rings is 3. The number of nitrogens with zero attached hydrogens (tertiary/aromatic N) is 7. The molecule has 0 radical (unpaired) electrons. The molecule has 0 saturated heterocycles. The standard InChI is InChI=1S/C43H42BrN11O6/c1-4-8-33(40(58)50-24-56)55-41(59)28-9-6-10-30(36(28)42(55)60)46-17-7-18-47-39(57)26-13-16-29(35(19-26)61-3)51-43-48-21-34-38(52-43)53(22-25-11-14-27(44)15-12-25)32(5-2)37-31(20-45)49-23-54(34)37/h6,9-16,19,21,23-24,32-33,46H,4-5,7-8,17-18,22H2,1-3H3,(H,47,57)(H,48,51,52)(H,50,56,58). The summed E-state index contributed by atoms with van der Waals surface area (Å²) in [5.74, 6) is -0.922. The van der Waals surface area contributed by atoms with E-state index in [1.807, 2.05) is 35.8 Å². The first kappa shape index (κ1) is 42.0.